The van der Waals surface area contributed by atoms with Crippen molar-refractivity contribution in [3.8, 4) is 6.07 Å². The number of nitriles is 1. The Bertz CT molecular complexity index is 217. The van der Waals surface area contributed by atoms with Crippen LogP contribution in [0.2, 0.25) is 0 Å². The molecule has 1 unspecified atom stereocenters. The van der Waals surface area contributed by atoms with E-state index in [2.05, 4.69) is 37.1 Å². The highest BCUT2D eigenvalue weighted by Crippen LogP contribution is 2.20. The summed E-state index contributed by atoms with van der Waals surface area (Å²) < 4.78 is 0. The van der Waals surface area contributed by atoms with Crippen LogP contribution in [0.15, 0.2) is 0 Å². The summed E-state index contributed by atoms with van der Waals surface area (Å²) in [7, 11) is 0. The molecule has 1 aliphatic heterocycles. The van der Waals surface area contributed by atoms with Gasteiger partial charge in [-0.2, -0.15) is 5.26 Å². The summed E-state index contributed by atoms with van der Waals surface area (Å²) in [5, 5.41) is 12.2. The van der Waals surface area contributed by atoms with Crippen molar-refractivity contribution in [3.63, 3.8) is 0 Å². The fourth-order valence-electron chi connectivity index (χ4n) is 2.12. The molecular formula is C11H21N3. The van der Waals surface area contributed by atoms with Crippen LogP contribution in [0.3, 0.4) is 0 Å². The highest BCUT2D eigenvalue weighted by atomic mass is 15.2. The van der Waals surface area contributed by atoms with Crippen molar-refractivity contribution in [1.29, 1.82) is 5.26 Å². The number of nitrogens with one attached hydrogen (secondary N) is 1. The SMILES string of the molecule is CCN1CC(C)(C)CNCC1CC#N. The van der Waals surface area contributed by atoms with Crippen molar-refractivity contribution in [2.45, 2.75) is 33.2 Å². The first-order chi connectivity index (χ1) is 6.59. The average molecular weight is 195 g/mol. The molecule has 0 saturated carbocycles. The maximum atomic E-state index is 8.75. The summed E-state index contributed by atoms with van der Waals surface area (Å²) in [6, 6.07) is 2.67. The van der Waals surface area contributed by atoms with E-state index in [1.807, 2.05) is 0 Å². The van der Waals surface area contributed by atoms with E-state index >= 15 is 0 Å². The first kappa shape index (κ1) is 11.5. The molecule has 1 heterocycles. The summed E-state index contributed by atoms with van der Waals surface area (Å²) in [6.45, 7) is 10.8. The van der Waals surface area contributed by atoms with Gasteiger partial charge in [-0.3, -0.25) is 4.90 Å². The van der Waals surface area contributed by atoms with Crippen LogP contribution in [0.4, 0.5) is 0 Å². The molecule has 1 rings (SSSR count). The Morgan fingerprint density at radius 1 is 1.57 bits per heavy atom. The molecule has 1 atom stereocenters. The van der Waals surface area contributed by atoms with Gasteiger partial charge in [-0.05, 0) is 12.0 Å². The Morgan fingerprint density at radius 3 is 2.86 bits per heavy atom. The van der Waals surface area contributed by atoms with Crippen molar-refractivity contribution in [3.05, 3.63) is 0 Å². The van der Waals surface area contributed by atoms with Gasteiger partial charge in [-0.15, -0.1) is 0 Å². The zero-order valence-corrected chi connectivity index (χ0v) is 9.51. The van der Waals surface area contributed by atoms with E-state index in [0.717, 1.165) is 26.2 Å². The van der Waals surface area contributed by atoms with Crippen LogP contribution in [0.5, 0.6) is 0 Å². The molecule has 0 aromatic heterocycles. The lowest BCUT2D eigenvalue weighted by molar-refractivity contribution is 0.166. The van der Waals surface area contributed by atoms with Gasteiger partial charge in [0.05, 0.1) is 12.5 Å². The minimum Gasteiger partial charge on any atom is -0.315 e. The number of hydrogen-bond donors (Lipinski definition) is 1. The molecule has 0 aliphatic carbocycles. The monoisotopic (exact) mass is 195 g/mol. The molecule has 0 aromatic carbocycles. The minimum atomic E-state index is 0.320. The Hall–Kier alpha value is -0.590. The van der Waals surface area contributed by atoms with Gasteiger partial charge in [0.15, 0.2) is 0 Å². The van der Waals surface area contributed by atoms with E-state index in [4.69, 9.17) is 5.26 Å². The van der Waals surface area contributed by atoms with E-state index < -0.39 is 0 Å². The van der Waals surface area contributed by atoms with Crippen LogP contribution >= 0.6 is 0 Å². The molecule has 3 heteroatoms. The number of nitrogens with zero attached hydrogens (tertiary/aromatic N) is 2. The first-order valence-corrected chi connectivity index (χ1v) is 5.41. The molecule has 14 heavy (non-hydrogen) atoms. The topological polar surface area (TPSA) is 39.1 Å². The molecular weight excluding hydrogens is 174 g/mol. The smallest absolute Gasteiger partial charge is 0.0638 e. The summed E-state index contributed by atoms with van der Waals surface area (Å²) in [5.74, 6) is 0. The highest BCUT2D eigenvalue weighted by Gasteiger charge is 2.28. The lowest BCUT2D eigenvalue weighted by Gasteiger charge is -2.31. The van der Waals surface area contributed by atoms with Gasteiger partial charge in [0.1, 0.15) is 0 Å². The second kappa shape index (κ2) is 4.77. The molecule has 80 valence electrons. The van der Waals surface area contributed by atoms with Crippen LogP contribution in [-0.2, 0) is 0 Å². The Morgan fingerprint density at radius 2 is 2.29 bits per heavy atom. The van der Waals surface area contributed by atoms with Crippen LogP contribution in [-0.4, -0.2) is 37.1 Å². The third-order valence-electron chi connectivity index (χ3n) is 2.86. The van der Waals surface area contributed by atoms with E-state index in [1.165, 1.54) is 0 Å². The van der Waals surface area contributed by atoms with E-state index in [9.17, 15) is 0 Å². The van der Waals surface area contributed by atoms with Crippen molar-refractivity contribution in [2.75, 3.05) is 26.2 Å². The number of rotatable bonds is 2. The van der Waals surface area contributed by atoms with Crippen molar-refractivity contribution in [1.82, 2.24) is 10.2 Å². The van der Waals surface area contributed by atoms with Gasteiger partial charge >= 0.3 is 0 Å². The Balaban J connectivity index is 2.65. The Kier molecular flexibility index (Phi) is 3.91. The first-order valence-electron chi connectivity index (χ1n) is 5.41. The van der Waals surface area contributed by atoms with Gasteiger partial charge < -0.3 is 5.32 Å². The normalized spacial score (nSPS) is 28.0. The van der Waals surface area contributed by atoms with Gasteiger partial charge in [-0.1, -0.05) is 20.8 Å². The fourth-order valence-corrected chi connectivity index (χ4v) is 2.12. The second-order valence-electron chi connectivity index (χ2n) is 4.87. The quantitative estimate of drug-likeness (QED) is 0.720. The fraction of sp³-hybridized carbons (Fsp3) is 0.909. The lowest BCUT2D eigenvalue weighted by Crippen LogP contribution is -2.41. The molecule has 1 aliphatic rings. The molecule has 0 aromatic rings. The molecule has 0 radical (unpaired) electrons. The average Bonchev–Trinajstić information content (AvgIpc) is 2.25. The van der Waals surface area contributed by atoms with Crippen LogP contribution in [0, 0.1) is 16.7 Å². The summed E-state index contributed by atoms with van der Waals surface area (Å²) in [5.41, 5.74) is 0.320. The van der Waals surface area contributed by atoms with E-state index in [1.54, 1.807) is 0 Å². The van der Waals surface area contributed by atoms with Crippen molar-refractivity contribution < 1.29 is 0 Å². The zero-order chi connectivity index (χ0) is 10.6. The second-order valence-corrected chi connectivity index (χ2v) is 4.87. The summed E-state index contributed by atoms with van der Waals surface area (Å²) >= 11 is 0. The Labute approximate surface area is 87.1 Å². The minimum absolute atomic E-state index is 0.320. The van der Waals surface area contributed by atoms with Gasteiger partial charge in [0, 0.05) is 25.7 Å². The van der Waals surface area contributed by atoms with Crippen molar-refractivity contribution >= 4 is 0 Å². The molecule has 0 spiro atoms. The predicted octanol–water partition coefficient (Wildman–Crippen LogP) is 1.22. The van der Waals surface area contributed by atoms with Crippen molar-refractivity contribution in [2.24, 2.45) is 5.41 Å². The largest absolute Gasteiger partial charge is 0.315 e. The van der Waals surface area contributed by atoms with E-state index in [0.29, 0.717) is 17.9 Å². The van der Waals surface area contributed by atoms with E-state index in [-0.39, 0.29) is 0 Å². The van der Waals surface area contributed by atoms with Crippen LogP contribution < -0.4 is 5.32 Å². The van der Waals surface area contributed by atoms with Gasteiger partial charge in [-0.25, -0.2) is 0 Å². The van der Waals surface area contributed by atoms with Crippen LogP contribution in [0.25, 0.3) is 0 Å². The molecule has 1 saturated heterocycles. The predicted molar refractivity (Wildman–Crippen MR) is 57.9 cm³/mol. The molecule has 0 amide bonds. The maximum absolute atomic E-state index is 8.75. The molecule has 1 N–H and O–H groups in total. The van der Waals surface area contributed by atoms with Gasteiger partial charge in [0.25, 0.3) is 0 Å². The molecule has 3 nitrogen and oxygen atoms in total. The van der Waals surface area contributed by atoms with Gasteiger partial charge in [0.2, 0.25) is 0 Å². The summed E-state index contributed by atoms with van der Waals surface area (Å²) in [6.07, 6.45) is 0.636. The summed E-state index contributed by atoms with van der Waals surface area (Å²) in [4.78, 5) is 2.42. The lowest BCUT2D eigenvalue weighted by atomic mass is 9.93. The highest BCUT2D eigenvalue weighted by molar-refractivity contribution is 4.90. The standard InChI is InChI=1S/C11H21N3/c1-4-14-9-11(2,3)8-13-7-10(14)5-6-12/h10,13H,4-5,7-9H2,1-3H3. The molecule has 1 fully saturated rings. The zero-order valence-electron chi connectivity index (χ0n) is 9.51. The van der Waals surface area contributed by atoms with Crippen LogP contribution in [0.1, 0.15) is 27.2 Å². The molecule has 0 bridgehead atoms. The third kappa shape index (κ3) is 2.97. The maximum Gasteiger partial charge on any atom is 0.0638 e. The number of hydrogen-bond acceptors (Lipinski definition) is 3. The third-order valence-corrected chi connectivity index (χ3v) is 2.86. The number of likely N-dealkylation sites (N-methyl/N-ethyl adjacent to an activating group) is 1.